The van der Waals surface area contributed by atoms with E-state index in [1.54, 1.807) is 6.20 Å². The van der Waals surface area contributed by atoms with Crippen LogP contribution in [0.2, 0.25) is 0 Å². The molecular weight excluding hydrogens is 432 g/mol. The van der Waals surface area contributed by atoms with Gasteiger partial charge in [0.1, 0.15) is 5.54 Å². The third-order valence-corrected chi connectivity index (χ3v) is 7.59. The van der Waals surface area contributed by atoms with E-state index in [0.717, 1.165) is 30.2 Å². The number of hydrogen-bond donors (Lipinski definition) is 1. The molecule has 3 fully saturated rings. The number of hydrogen-bond acceptors (Lipinski definition) is 5. The standard InChI is InChI=1S/C26H32N4O4/c1-2-11-26(24(32)30(25(33)28-26)17-21-6-4-15-34-21)20-9-13-29(14-10-20)23(31)19-7-8-22-18(16-19)5-3-12-27-22/h3,5,7-8,12,16,20-21H,2,4,6,9-11,13-15,17H2,1H3,(H,28,33)/t21-,26-/m0/s1. The molecule has 8 nitrogen and oxygen atoms in total. The molecule has 5 rings (SSSR count). The number of urea groups is 1. The summed E-state index contributed by atoms with van der Waals surface area (Å²) < 4.78 is 5.67. The van der Waals surface area contributed by atoms with Gasteiger partial charge in [-0.25, -0.2) is 4.79 Å². The van der Waals surface area contributed by atoms with Crippen molar-refractivity contribution in [2.24, 2.45) is 5.92 Å². The highest BCUT2D eigenvalue weighted by molar-refractivity contribution is 6.07. The molecule has 2 atom stereocenters. The fraction of sp³-hybridized carbons (Fsp3) is 0.538. The Kier molecular flexibility index (Phi) is 6.25. The minimum Gasteiger partial charge on any atom is -0.376 e. The summed E-state index contributed by atoms with van der Waals surface area (Å²) >= 11 is 0. The molecule has 34 heavy (non-hydrogen) atoms. The maximum Gasteiger partial charge on any atom is 0.325 e. The zero-order valence-electron chi connectivity index (χ0n) is 19.7. The van der Waals surface area contributed by atoms with Crippen molar-refractivity contribution in [3.05, 3.63) is 42.1 Å². The number of nitrogens with zero attached hydrogens (tertiary/aromatic N) is 3. The molecule has 1 N–H and O–H groups in total. The van der Waals surface area contributed by atoms with Crippen LogP contribution in [-0.4, -0.2) is 70.5 Å². The van der Waals surface area contributed by atoms with Gasteiger partial charge in [-0.05, 0) is 62.3 Å². The van der Waals surface area contributed by atoms with E-state index >= 15 is 0 Å². The number of piperidine rings is 1. The van der Waals surface area contributed by atoms with Crippen molar-refractivity contribution in [1.29, 1.82) is 0 Å². The van der Waals surface area contributed by atoms with Gasteiger partial charge in [0, 0.05) is 36.8 Å². The molecule has 3 aliphatic rings. The second-order valence-corrected chi connectivity index (χ2v) is 9.68. The summed E-state index contributed by atoms with van der Waals surface area (Å²) in [6, 6.07) is 9.10. The lowest BCUT2D eigenvalue weighted by Gasteiger charge is -2.41. The van der Waals surface area contributed by atoms with Crippen molar-refractivity contribution in [2.45, 2.75) is 57.1 Å². The Bertz CT molecular complexity index is 1090. The molecule has 180 valence electrons. The van der Waals surface area contributed by atoms with Crippen molar-refractivity contribution in [1.82, 2.24) is 20.1 Å². The fourth-order valence-corrected chi connectivity index (χ4v) is 5.81. The van der Waals surface area contributed by atoms with Gasteiger partial charge in [0.2, 0.25) is 0 Å². The molecule has 0 radical (unpaired) electrons. The number of likely N-dealkylation sites (tertiary alicyclic amines) is 1. The monoisotopic (exact) mass is 464 g/mol. The molecule has 1 aromatic carbocycles. The summed E-state index contributed by atoms with van der Waals surface area (Å²) in [7, 11) is 0. The van der Waals surface area contributed by atoms with Gasteiger partial charge in [-0.3, -0.25) is 19.5 Å². The first kappa shape index (κ1) is 22.8. The van der Waals surface area contributed by atoms with E-state index in [1.165, 1.54) is 4.90 Å². The predicted molar refractivity (Wildman–Crippen MR) is 127 cm³/mol. The third kappa shape index (κ3) is 4.04. The van der Waals surface area contributed by atoms with Gasteiger partial charge in [0.25, 0.3) is 11.8 Å². The summed E-state index contributed by atoms with van der Waals surface area (Å²) in [5.41, 5.74) is 0.631. The number of nitrogens with one attached hydrogen (secondary N) is 1. The number of carbonyl (C=O) groups excluding carboxylic acids is 3. The average molecular weight is 465 g/mol. The van der Waals surface area contributed by atoms with Crippen LogP contribution in [0.15, 0.2) is 36.5 Å². The SMILES string of the molecule is CCC[C@@]1(C2CCN(C(=O)c3ccc4ncccc4c3)CC2)NC(=O)N(C[C@@H]2CCCO2)C1=O. The number of imide groups is 1. The molecule has 2 aromatic rings. The predicted octanol–water partition coefficient (Wildman–Crippen LogP) is 3.36. The van der Waals surface area contributed by atoms with Crippen molar-refractivity contribution in [3.63, 3.8) is 0 Å². The lowest BCUT2D eigenvalue weighted by molar-refractivity contribution is -0.135. The average Bonchev–Trinajstić information content (AvgIpc) is 3.46. The highest BCUT2D eigenvalue weighted by Crippen LogP contribution is 2.38. The van der Waals surface area contributed by atoms with Gasteiger partial charge in [0.05, 0.1) is 18.2 Å². The van der Waals surface area contributed by atoms with Gasteiger partial charge in [-0.15, -0.1) is 0 Å². The van der Waals surface area contributed by atoms with Crippen LogP contribution < -0.4 is 5.32 Å². The molecule has 4 amide bonds. The zero-order valence-corrected chi connectivity index (χ0v) is 19.7. The van der Waals surface area contributed by atoms with Gasteiger partial charge in [-0.2, -0.15) is 0 Å². The first-order valence-electron chi connectivity index (χ1n) is 12.4. The quantitative estimate of drug-likeness (QED) is 0.662. The molecule has 3 aliphatic heterocycles. The van der Waals surface area contributed by atoms with Crippen molar-refractivity contribution in [3.8, 4) is 0 Å². The smallest absolute Gasteiger partial charge is 0.325 e. The number of aromatic nitrogens is 1. The number of ether oxygens (including phenoxy) is 1. The van der Waals surface area contributed by atoms with Crippen LogP contribution in [0, 0.1) is 5.92 Å². The topological polar surface area (TPSA) is 91.8 Å². The number of rotatable bonds is 6. The normalized spacial score (nSPS) is 25.9. The van der Waals surface area contributed by atoms with Crippen LogP contribution in [0.5, 0.6) is 0 Å². The van der Waals surface area contributed by atoms with E-state index in [4.69, 9.17) is 4.74 Å². The second-order valence-electron chi connectivity index (χ2n) is 9.68. The lowest BCUT2D eigenvalue weighted by Crippen LogP contribution is -2.56. The van der Waals surface area contributed by atoms with E-state index in [-0.39, 0.29) is 29.9 Å². The summed E-state index contributed by atoms with van der Waals surface area (Å²) in [4.78, 5) is 47.2. The number of fused-ring (bicyclic) bond motifs is 1. The zero-order chi connectivity index (χ0) is 23.7. The van der Waals surface area contributed by atoms with Crippen LogP contribution in [0.4, 0.5) is 4.79 Å². The van der Waals surface area contributed by atoms with Gasteiger partial charge in [-0.1, -0.05) is 19.4 Å². The summed E-state index contributed by atoms with van der Waals surface area (Å²) in [5.74, 6) is -0.125. The van der Waals surface area contributed by atoms with E-state index in [1.807, 2.05) is 42.2 Å². The first-order valence-corrected chi connectivity index (χ1v) is 12.4. The van der Waals surface area contributed by atoms with Gasteiger partial charge >= 0.3 is 6.03 Å². The molecule has 0 saturated carbocycles. The van der Waals surface area contributed by atoms with Crippen LogP contribution in [0.25, 0.3) is 10.9 Å². The van der Waals surface area contributed by atoms with E-state index < -0.39 is 5.54 Å². The fourth-order valence-electron chi connectivity index (χ4n) is 5.81. The van der Waals surface area contributed by atoms with Crippen LogP contribution >= 0.6 is 0 Å². The highest BCUT2D eigenvalue weighted by atomic mass is 16.5. The number of amides is 4. The molecule has 4 heterocycles. The third-order valence-electron chi connectivity index (χ3n) is 7.59. The Morgan fingerprint density at radius 2 is 2.03 bits per heavy atom. The Labute approximate surface area is 199 Å². The van der Waals surface area contributed by atoms with Crippen molar-refractivity contribution < 1.29 is 19.1 Å². The number of pyridine rings is 1. The van der Waals surface area contributed by atoms with Crippen LogP contribution in [0.1, 0.15) is 55.8 Å². The maximum absolute atomic E-state index is 13.6. The largest absolute Gasteiger partial charge is 0.376 e. The summed E-state index contributed by atoms with van der Waals surface area (Å²) in [6.45, 7) is 4.18. The second kappa shape index (κ2) is 9.33. The summed E-state index contributed by atoms with van der Waals surface area (Å²) in [5, 5.41) is 4.02. The molecule has 0 unspecified atom stereocenters. The van der Waals surface area contributed by atoms with E-state index in [0.29, 0.717) is 51.1 Å². The molecule has 1 aromatic heterocycles. The van der Waals surface area contributed by atoms with Gasteiger partial charge < -0.3 is 15.0 Å². The van der Waals surface area contributed by atoms with E-state index in [9.17, 15) is 14.4 Å². The first-order chi connectivity index (χ1) is 16.5. The molecule has 3 saturated heterocycles. The van der Waals surface area contributed by atoms with E-state index in [2.05, 4.69) is 10.3 Å². The Hall–Kier alpha value is -3.00. The minimum absolute atomic E-state index is 0.00301. The maximum atomic E-state index is 13.6. The minimum atomic E-state index is -0.881. The van der Waals surface area contributed by atoms with Crippen LogP contribution in [0.3, 0.4) is 0 Å². The van der Waals surface area contributed by atoms with Gasteiger partial charge in [0.15, 0.2) is 0 Å². The number of benzene rings is 1. The molecular formula is C26H32N4O4. The number of carbonyl (C=O) groups is 3. The van der Waals surface area contributed by atoms with Crippen molar-refractivity contribution in [2.75, 3.05) is 26.2 Å². The summed E-state index contributed by atoms with van der Waals surface area (Å²) in [6.07, 6.45) is 6.29. The van der Waals surface area contributed by atoms with Crippen LogP contribution in [-0.2, 0) is 9.53 Å². The molecule has 8 heteroatoms. The lowest BCUT2D eigenvalue weighted by atomic mass is 9.74. The molecule has 0 spiro atoms. The highest BCUT2D eigenvalue weighted by Gasteiger charge is 2.55. The van der Waals surface area contributed by atoms with Crippen molar-refractivity contribution >= 4 is 28.7 Å². The Morgan fingerprint density at radius 1 is 1.21 bits per heavy atom. The molecule has 0 aliphatic carbocycles. The molecule has 0 bridgehead atoms. The Balaban J connectivity index is 1.28. The Morgan fingerprint density at radius 3 is 2.76 bits per heavy atom.